The van der Waals surface area contributed by atoms with Crippen molar-refractivity contribution in [1.29, 1.82) is 0 Å². The minimum atomic E-state index is -0.680. The van der Waals surface area contributed by atoms with Crippen molar-refractivity contribution in [3.05, 3.63) is 21.7 Å². The second kappa shape index (κ2) is 4.63. The normalized spacial score (nSPS) is 20.1. The number of ether oxygens (including phenoxy) is 1. The SMILES string of the molecule is O=C1OCCC[C@H]1c1c(O)c(Cl)cc(O)c1Cl. The van der Waals surface area contributed by atoms with Crippen LogP contribution in [0, 0.1) is 0 Å². The third kappa shape index (κ3) is 2.15. The smallest absolute Gasteiger partial charge is 0.313 e. The van der Waals surface area contributed by atoms with E-state index in [0.29, 0.717) is 19.4 Å². The molecule has 17 heavy (non-hydrogen) atoms. The van der Waals surface area contributed by atoms with Gasteiger partial charge in [-0.2, -0.15) is 0 Å². The third-order valence-corrected chi connectivity index (χ3v) is 3.41. The first kappa shape index (κ1) is 12.3. The maximum atomic E-state index is 11.6. The second-order valence-electron chi connectivity index (χ2n) is 3.82. The van der Waals surface area contributed by atoms with E-state index in [4.69, 9.17) is 27.9 Å². The van der Waals surface area contributed by atoms with Gasteiger partial charge in [0.1, 0.15) is 11.5 Å². The summed E-state index contributed by atoms with van der Waals surface area (Å²) in [4.78, 5) is 11.6. The maximum Gasteiger partial charge on any atom is 0.313 e. The van der Waals surface area contributed by atoms with E-state index < -0.39 is 11.9 Å². The molecule has 4 nitrogen and oxygen atoms in total. The van der Waals surface area contributed by atoms with Gasteiger partial charge < -0.3 is 14.9 Å². The maximum absolute atomic E-state index is 11.6. The molecule has 2 N–H and O–H groups in total. The van der Waals surface area contributed by atoms with Gasteiger partial charge >= 0.3 is 5.97 Å². The largest absolute Gasteiger partial charge is 0.506 e. The summed E-state index contributed by atoms with van der Waals surface area (Å²) >= 11 is 11.6. The lowest BCUT2D eigenvalue weighted by molar-refractivity contribution is -0.149. The summed E-state index contributed by atoms with van der Waals surface area (Å²) in [6, 6.07) is 1.14. The molecule has 1 aromatic rings. The van der Waals surface area contributed by atoms with Crippen LogP contribution in [0.15, 0.2) is 6.07 Å². The van der Waals surface area contributed by atoms with Crippen LogP contribution in [0.25, 0.3) is 0 Å². The van der Waals surface area contributed by atoms with E-state index in [1.54, 1.807) is 0 Å². The molecular weight excluding hydrogens is 267 g/mol. The van der Waals surface area contributed by atoms with Gasteiger partial charge in [0.25, 0.3) is 0 Å². The lowest BCUT2D eigenvalue weighted by atomic mass is 9.92. The fourth-order valence-corrected chi connectivity index (χ4v) is 2.36. The summed E-state index contributed by atoms with van der Waals surface area (Å²) in [7, 11) is 0. The number of phenolic OH excluding ortho intramolecular Hbond substituents is 2. The second-order valence-corrected chi connectivity index (χ2v) is 4.60. The van der Waals surface area contributed by atoms with E-state index in [-0.39, 0.29) is 27.1 Å². The number of carbonyl (C=O) groups is 1. The summed E-state index contributed by atoms with van der Waals surface area (Å²) in [6.45, 7) is 0.361. The highest BCUT2D eigenvalue weighted by atomic mass is 35.5. The molecule has 6 heteroatoms. The van der Waals surface area contributed by atoms with Gasteiger partial charge in [-0.3, -0.25) is 4.79 Å². The fraction of sp³-hybridized carbons (Fsp3) is 0.364. The lowest BCUT2D eigenvalue weighted by Crippen LogP contribution is -2.22. The van der Waals surface area contributed by atoms with Crippen LogP contribution in [0.4, 0.5) is 0 Å². The van der Waals surface area contributed by atoms with Gasteiger partial charge in [0.2, 0.25) is 0 Å². The molecule has 1 saturated heterocycles. The topological polar surface area (TPSA) is 66.8 Å². The Balaban J connectivity index is 2.53. The Bertz CT molecular complexity index is 447. The molecule has 0 aromatic heterocycles. The van der Waals surface area contributed by atoms with E-state index in [0.717, 1.165) is 6.07 Å². The quantitative estimate of drug-likeness (QED) is 0.612. The van der Waals surface area contributed by atoms with Crippen LogP contribution in [-0.2, 0) is 9.53 Å². The minimum absolute atomic E-state index is 0.0414. The first-order valence-corrected chi connectivity index (χ1v) is 5.84. The molecule has 0 amide bonds. The predicted molar refractivity (Wildman–Crippen MR) is 62.7 cm³/mol. The van der Waals surface area contributed by atoms with E-state index in [2.05, 4.69) is 0 Å². The summed E-state index contributed by atoms with van der Waals surface area (Å²) in [5.41, 5.74) is 0.140. The Kier molecular flexibility index (Phi) is 3.35. The number of benzene rings is 1. The van der Waals surface area contributed by atoms with Gasteiger partial charge in [-0.15, -0.1) is 0 Å². The zero-order valence-electron chi connectivity index (χ0n) is 8.74. The Hall–Kier alpha value is -1.13. The summed E-state index contributed by atoms with van der Waals surface area (Å²) in [5.74, 6) is -1.68. The van der Waals surface area contributed by atoms with E-state index in [9.17, 15) is 15.0 Å². The average Bonchev–Trinajstić information content (AvgIpc) is 2.29. The highest BCUT2D eigenvalue weighted by molar-refractivity contribution is 6.36. The van der Waals surface area contributed by atoms with Crippen molar-refractivity contribution in [2.24, 2.45) is 0 Å². The Labute approximate surface area is 108 Å². The van der Waals surface area contributed by atoms with Crippen molar-refractivity contribution in [3.63, 3.8) is 0 Å². The number of esters is 1. The molecule has 0 spiro atoms. The van der Waals surface area contributed by atoms with Crippen LogP contribution >= 0.6 is 23.2 Å². The van der Waals surface area contributed by atoms with Crippen molar-refractivity contribution < 1.29 is 19.7 Å². The molecule has 92 valence electrons. The number of hydrogen-bond acceptors (Lipinski definition) is 4. The number of hydrogen-bond donors (Lipinski definition) is 2. The molecule has 1 aromatic carbocycles. The number of cyclic esters (lactones) is 1. The van der Waals surface area contributed by atoms with Crippen molar-refractivity contribution in [1.82, 2.24) is 0 Å². The molecule has 1 fully saturated rings. The zero-order valence-corrected chi connectivity index (χ0v) is 10.3. The van der Waals surface area contributed by atoms with Crippen molar-refractivity contribution in [3.8, 4) is 11.5 Å². The van der Waals surface area contributed by atoms with Crippen LogP contribution in [-0.4, -0.2) is 22.8 Å². The van der Waals surface area contributed by atoms with Crippen LogP contribution in [0.5, 0.6) is 11.5 Å². The molecule has 1 atom stereocenters. The van der Waals surface area contributed by atoms with E-state index in [1.165, 1.54) is 0 Å². The lowest BCUT2D eigenvalue weighted by Gasteiger charge is -2.23. The predicted octanol–water partition coefficient (Wildman–Crippen LogP) is 2.83. The molecule has 0 bridgehead atoms. The Morgan fingerprint density at radius 2 is 2.06 bits per heavy atom. The first-order chi connectivity index (χ1) is 8.02. The Morgan fingerprint density at radius 1 is 1.35 bits per heavy atom. The van der Waals surface area contributed by atoms with Crippen molar-refractivity contribution in [2.75, 3.05) is 6.61 Å². The van der Waals surface area contributed by atoms with E-state index >= 15 is 0 Å². The highest BCUT2D eigenvalue weighted by Gasteiger charge is 2.32. The van der Waals surface area contributed by atoms with Gasteiger partial charge in [-0.1, -0.05) is 23.2 Å². The third-order valence-electron chi connectivity index (χ3n) is 2.72. The van der Waals surface area contributed by atoms with Gasteiger partial charge in [-0.25, -0.2) is 0 Å². The van der Waals surface area contributed by atoms with E-state index in [1.807, 2.05) is 0 Å². The molecule has 1 heterocycles. The first-order valence-electron chi connectivity index (χ1n) is 5.09. The highest BCUT2D eigenvalue weighted by Crippen LogP contribution is 2.45. The summed E-state index contributed by atoms with van der Waals surface area (Å²) in [5, 5.41) is 19.3. The molecule has 0 radical (unpaired) electrons. The van der Waals surface area contributed by atoms with Crippen molar-refractivity contribution in [2.45, 2.75) is 18.8 Å². The number of phenols is 2. The molecule has 0 saturated carbocycles. The summed E-state index contributed by atoms with van der Waals surface area (Å²) < 4.78 is 4.90. The molecule has 1 aliphatic rings. The molecule has 2 rings (SSSR count). The number of rotatable bonds is 1. The molecule has 1 aliphatic heterocycles. The monoisotopic (exact) mass is 276 g/mol. The average molecular weight is 277 g/mol. The Morgan fingerprint density at radius 3 is 2.71 bits per heavy atom. The standard InChI is InChI=1S/C11H10Cl2O4/c12-6-4-7(14)9(13)8(10(6)15)5-2-1-3-17-11(5)16/h4-5,14-15H,1-3H2/t5-/m0/s1. The number of carbonyl (C=O) groups excluding carboxylic acids is 1. The fourth-order valence-electron chi connectivity index (χ4n) is 1.88. The van der Waals surface area contributed by atoms with Gasteiger partial charge in [0, 0.05) is 11.6 Å². The van der Waals surface area contributed by atoms with Crippen molar-refractivity contribution >= 4 is 29.2 Å². The van der Waals surface area contributed by atoms with Crippen LogP contribution in [0.2, 0.25) is 10.0 Å². The van der Waals surface area contributed by atoms with Crippen LogP contribution < -0.4 is 0 Å². The molecular formula is C11H10Cl2O4. The van der Waals surface area contributed by atoms with Gasteiger partial charge in [-0.05, 0) is 12.8 Å². The van der Waals surface area contributed by atoms with Crippen LogP contribution in [0.1, 0.15) is 24.3 Å². The molecule has 0 unspecified atom stereocenters. The minimum Gasteiger partial charge on any atom is -0.506 e. The number of aromatic hydroxyl groups is 2. The molecule has 0 aliphatic carbocycles. The van der Waals surface area contributed by atoms with Gasteiger partial charge in [0.15, 0.2) is 0 Å². The zero-order chi connectivity index (χ0) is 12.6. The van der Waals surface area contributed by atoms with Gasteiger partial charge in [0.05, 0.1) is 22.6 Å². The van der Waals surface area contributed by atoms with Crippen LogP contribution in [0.3, 0.4) is 0 Å². The summed E-state index contributed by atoms with van der Waals surface area (Å²) in [6.07, 6.45) is 1.19. The number of halogens is 2.